The molecule has 3 rings (SSSR count). The van der Waals surface area contributed by atoms with Gasteiger partial charge in [-0.3, -0.25) is 19.3 Å². The van der Waals surface area contributed by atoms with Gasteiger partial charge in [0.15, 0.2) is 5.13 Å². The largest absolute Gasteiger partial charge is 0.512 e. The number of aromatic nitrogens is 1. The number of β-lactam (4-membered cyclic amide) rings is 1. The zero-order valence-electron chi connectivity index (χ0n) is 15.6. The van der Waals surface area contributed by atoms with Crippen LogP contribution in [-0.2, 0) is 23.9 Å². The van der Waals surface area contributed by atoms with Crippen LogP contribution in [-0.4, -0.2) is 62.7 Å². The first-order valence-electron chi connectivity index (χ1n) is 8.38. The number of halogens is 2. The van der Waals surface area contributed by atoms with Gasteiger partial charge in [-0.25, -0.2) is 9.78 Å². The highest BCUT2D eigenvalue weighted by molar-refractivity contribution is 8.00. The van der Waals surface area contributed by atoms with Crippen molar-refractivity contribution in [1.82, 2.24) is 15.2 Å². The van der Waals surface area contributed by atoms with Gasteiger partial charge in [0, 0.05) is 23.6 Å². The molecule has 1 fully saturated rings. The van der Waals surface area contributed by atoms with Gasteiger partial charge in [-0.15, -0.1) is 23.1 Å². The molecule has 0 aromatic carbocycles. The van der Waals surface area contributed by atoms with E-state index in [1.54, 1.807) is 0 Å². The number of carboxylic acid groups (broad SMARTS) is 1. The van der Waals surface area contributed by atoms with Gasteiger partial charge in [0.05, 0.1) is 11.3 Å². The molecule has 1 unspecified atom stereocenters. The van der Waals surface area contributed by atoms with Crippen molar-refractivity contribution < 1.29 is 33.8 Å². The summed E-state index contributed by atoms with van der Waals surface area (Å²) in [7, 11) is 0. The van der Waals surface area contributed by atoms with Crippen LogP contribution in [0.2, 0.25) is 0 Å². The molecule has 166 valence electrons. The van der Waals surface area contributed by atoms with Crippen LogP contribution in [0.1, 0.15) is 12.6 Å². The molecule has 0 bridgehead atoms. The molecule has 2 aliphatic heterocycles. The standard InChI is InChI=1S/C16H14Cl2N4O7S2/c1-5(23)28-2-6-3-30-14-9(12(25)22(14)13(6)29-16(26)27)21-11(24)8(10(17)18)7-4-31-15(19)20-7/h4,9,14H,2-3H2,1H3,(H2,19,20)(H,21,24)(H,26,27)/t9?,14-/m0/s1. The number of thioether (sulfide) groups is 1. The number of nitrogens with one attached hydrogen (secondary N) is 1. The summed E-state index contributed by atoms with van der Waals surface area (Å²) >= 11 is 14.0. The van der Waals surface area contributed by atoms with E-state index in [0.717, 1.165) is 16.2 Å². The lowest BCUT2D eigenvalue weighted by molar-refractivity contribution is -0.148. The number of esters is 1. The maximum absolute atomic E-state index is 12.7. The van der Waals surface area contributed by atoms with Crippen LogP contribution in [0.4, 0.5) is 9.93 Å². The third kappa shape index (κ3) is 4.89. The van der Waals surface area contributed by atoms with E-state index in [0.29, 0.717) is 5.57 Å². The van der Waals surface area contributed by atoms with Gasteiger partial charge < -0.3 is 25.6 Å². The minimum Gasteiger partial charge on any atom is -0.461 e. The summed E-state index contributed by atoms with van der Waals surface area (Å²) in [5.41, 5.74) is 5.88. The third-order valence-corrected chi connectivity index (χ3v) is 6.50. The van der Waals surface area contributed by atoms with Crippen LogP contribution in [0.5, 0.6) is 0 Å². The Bertz CT molecular complexity index is 1020. The summed E-state index contributed by atoms with van der Waals surface area (Å²) in [6, 6.07) is -1.00. The molecule has 15 heteroatoms. The number of hydrogen-bond donors (Lipinski definition) is 3. The summed E-state index contributed by atoms with van der Waals surface area (Å²) in [5, 5.41) is 12.6. The summed E-state index contributed by atoms with van der Waals surface area (Å²) in [6.45, 7) is 0.957. The predicted molar refractivity (Wildman–Crippen MR) is 113 cm³/mol. The number of ether oxygens (including phenoxy) is 2. The predicted octanol–water partition coefficient (Wildman–Crippen LogP) is 1.74. The maximum Gasteiger partial charge on any atom is 0.512 e. The van der Waals surface area contributed by atoms with Gasteiger partial charge in [-0.05, 0) is 0 Å². The Morgan fingerprint density at radius 2 is 2.13 bits per heavy atom. The van der Waals surface area contributed by atoms with Gasteiger partial charge in [-0.1, -0.05) is 23.2 Å². The number of nitrogens with zero attached hydrogens (tertiary/aromatic N) is 2. The zero-order chi connectivity index (χ0) is 22.9. The number of rotatable bonds is 6. The summed E-state index contributed by atoms with van der Waals surface area (Å²) in [6.07, 6.45) is -1.64. The van der Waals surface area contributed by atoms with E-state index in [9.17, 15) is 19.2 Å². The Morgan fingerprint density at radius 3 is 2.68 bits per heavy atom. The molecule has 2 amide bonds. The normalized spacial score (nSPS) is 19.8. The lowest BCUT2D eigenvalue weighted by Gasteiger charge is -2.49. The fourth-order valence-corrected chi connectivity index (χ4v) is 5.04. The van der Waals surface area contributed by atoms with E-state index in [-0.39, 0.29) is 39.1 Å². The Kier molecular flexibility index (Phi) is 6.99. The molecule has 0 radical (unpaired) electrons. The number of thiazole rings is 1. The zero-order valence-corrected chi connectivity index (χ0v) is 18.7. The number of nitrogens with two attached hydrogens (primary N) is 1. The Morgan fingerprint density at radius 1 is 1.42 bits per heavy atom. The van der Waals surface area contributed by atoms with Crippen LogP contribution in [0.3, 0.4) is 0 Å². The molecule has 4 N–H and O–H groups in total. The van der Waals surface area contributed by atoms with Gasteiger partial charge in [0.1, 0.15) is 22.5 Å². The Balaban J connectivity index is 1.79. The van der Waals surface area contributed by atoms with E-state index >= 15 is 0 Å². The molecule has 31 heavy (non-hydrogen) atoms. The van der Waals surface area contributed by atoms with Crippen LogP contribution in [0.25, 0.3) is 5.57 Å². The van der Waals surface area contributed by atoms with Gasteiger partial charge >= 0.3 is 12.1 Å². The minimum absolute atomic E-state index is 0.151. The number of nitrogen functional groups attached to an aromatic ring is 1. The molecular weight excluding hydrogens is 495 g/mol. The number of fused-ring (bicyclic) bond motifs is 1. The van der Waals surface area contributed by atoms with Crippen molar-refractivity contribution >= 4 is 80.9 Å². The highest BCUT2D eigenvalue weighted by atomic mass is 35.5. The van der Waals surface area contributed by atoms with E-state index in [1.807, 2.05) is 0 Å². The van der Waals surface area contributed by atoms with Gasteiger partial charge in [-0.2, -0.15) is 0 Å². The van der Waals surface area contributed by atoms with E-state index in [2.05, 4.69) is 10.3 Å². The van der Waals surface area contributed by atoms with Gasteiger partial charge in [0.25, 0.3) is 11.8 Å². The molecule has 11 nitrogen and oxygen atoms in total. The van der Waals surface area contributed by atoms with Crippen molar-refractivity contribution in [3.8, 4) is 0 Å². The molecule has 0 spiro atoms. The van der Waals surface area contributed by atoms with Crippen molar-refractivity contribution in [3.05, 3.63) is 27.0 Å². The van der Waals surface area contributed by atoms with E-state index in [1.165, 1.54) is 24.1 Å². The number of carbonyl (C=O) groups is 4. The molecule has 2 aliphatic rings. The molecule has 1 saturated heterocycles. The first kappa shape index (κ1) is 23.2. The van der Waals surface area contributed by atoms with Crippen molar-refractivity contribution in [2.75, 3.05) is 18.1 Å². The Hall–Kier alpha value is -2.48. The molecule has 3 heterocycles. The summed E-state index contributed by atoms with van der Waals surface area (Å²) < 4.78 is 9.30. The molecule has 1 aromatic rings. The lowest BCUT2D eigenvalue weighted by Crippen LogP contribution is -2.70. The van der Waals surface area contributed by atoms with Crippen molar-refractivity contribution in [1.29, 1.82) is 0 Å². The Labute approximate surface area is 193 Å². The van der Waals surface area contributed by atoms with Crippen LogP contribution < -0.4 is 11.1 Å². The van der Waals surface area contributed by atoms with Crippen LogP contribution in [0.15, 0.2) is 21.3 Å². The average Bonchev–Trinajstić information content (AvgIpc) is 3.09. The fourth-order valence-electron chi connectivity index (χ4n) is 2.81. The second kappa shape index (κ2) is 9.34. The van der Waals surface area contributed by atoms with Crippen molar-refractivity contribution in [3.63, 3.8) is 0 Å². The SMILES string of the molecule is CC(=O)OCC1=C(OC(=O)O)N2C(=O)C(NC(=O)C(=C(Cl)Cl)c3csc(N)n3)[C@@H]2SC1. The fraction of sp³-hybridized carbons (Fsp3) is 0.312. The van der Waals surface area contributed by atoms with Crippen molar-refractivity contribution in [2.24, 2.45) is 0 Å². The summed E-state index contributed by atoms with van der Waals surface area (Å²) in [5.74, 6) is -1.98. The third-order valence-electron chi connectivity index (χ3n) is 4.11. The quantitative estimate of drug-likeness (QED) is 0.293. The lowest BCUT2D eigenvalue weighted by atomic mass is 10.1. The maximum atomic E-state index is 12.7. The molecule has 1 aromatic heterocycles. The van der Waals surface area contributed by atoms with E-state index < -0.39 is 35.4 Å². The number of amides is 2. The van der Waals surface area contributed by atoms with E-state index in [4.69, 9.17) is 43.5 Å². The topological polar surface area (TPSA) is 161 Å². The van der Waals surface area contributed by atoms with Crippen LogP contribution in [0, 0.1) is 0 Å². The first-order chi connectivity index (χ1) is 14.6. The van der Waals surface area contributed by atoms with Crippen molar-refractivity contribution in [2.45, 2.75) is 18.3 Å². The number of anilines is 1. The van der Waals surface area contributed by atoms with Gasteiger partial charge in [0.2, 0.25) is 5.88 Å². The number of hydrogen-bond acceptors (Lipinski definition) is 10. The second-order valence-electron chi connectivity index (χ2n) is 6.12. The first-order valence-corrected chi connectivity index (χ1v) is 11.1. The van der Waals surface area contributed by atoms with Crippen LogP contribution >= 0.6 is 46.3 Å². The monoisotopic (exact) mass is 508 g/mol. The second-order valence-corrected chi connectivity index (χ2v) is 9.07. The number of carbonyl (C=O) groups excluding carboxylic acids is 3. The highest BCUT2D eigenvalue weighted by Gasteiger charge is 2.54. The molecule has 2 atom stereocenters. The summed E-state index contributed by atoms with van der Waals surface area (Å²) in [4.78, 5) is 52.6. The molecule has 0 aliphatic carbocycles. The molecule has 0 saturated carbocycles. The molecular formula is C16H14Cl2N4O7S2. The highest BCUT2D eigenvalue weighted by Crippen LogP contribution is 2.41. The average molecular weight is 509 g/mol. The smallest absolute Gasteiger partial charge is 0.461 e. The minimum atomic E-state index is -1.64.